The van der Waals surface area contributed by atoms with Crippen molar-refractivity contribution >= 4 is 23.3 Å². The number of nitrogens with one attached hydrogen (secondary N) is 1. The number of aromatic nitrogens is 2. The third-order valence-corrected chi connectivity index (χ3v) is 3.63. The number of halogens is 3. The summed E-state index contributed by atoms with van der Waals surface area (Å²) in [7, 11) is 0. The summed E-state index contributed by atoms with van der Waals surface area (Å²) < 4.78 is 28.2. The van der Waals surface area contributed by atoms with Crippen LogP contribution in [-0.4, -0.2) is 15.7 Å². The minimum Gasteiger partial charge on any atom is -0.305 e. The number of anilines is 1. The summed E-state index contributed by atoms with van der Waals surface area (Å²) in [5.74, 6) is -2.11. The average molecular weight is 348 g/mol. The van der Waals surface area contributed by atoms with Gasteiger partial charge in [-0.15, -0.1) is 5.10 Å². The standard InChI is InChI=1S/C17H12ClF2N3O/c1-10-8-16(22-23(10)13-5-2-11(18)3-6-13)21-17(24)14-7-4-12(19)9-15(14)20/h2-9H,1H3,(H,21,22,24). The Kier molecular flexibility index (Phi) is 4.31. The molecule has 3 rings (SSSR count). The van der Waals surface area contributed by atoms with E-state index in [0.29, 0.717) is 11.1 Å². The Hall–Kier alpha value is -2.73. The van der Waals surface area contributed by atoms with Crippen molar-refractivity contribution in [3.8, 4) is 5.69 Å². The van der Waals surface area contributed by atoms with Gasteiger partial charge in [0.25, 0.3) is 5.91 Å². The van der Waals surface area contributed by atoms with Crippen LogP contribution in [0, 0.1) is 18.6 Å². The number of amides is 1. The Morgan fingerprint density at radius 1 is 1.12 bits per heavy atom. The molecule has 7 heteroatoms. The van der Waals surface area contributed by atoms with Gasteiger partial charge in [-0.05, 0) is 43.3 Å². The predicted octanol–water partition coefficient (Wildman–Crippen LogP) is 4.36. The lowest BCUT2D eigenvalue weighted by atomic mass is 10.2. The number of hydrogen-bond donors (Lipinski definition) is 1. The molecule has 2 aromatic carbocycles. The highest BCUT2D eigenvalue weighted by molar-refractivity contribution is 6.30. The normalized spacial score (nSPS) is 10.7. The fourth-order valence-corrected chi connectivity index (χ4v) is 2.36. The van der Waals surface area contributed by atoms with Gasteiger partial charge in [0.05, 0.1) is 11.3 Å². The second kappa shape index (κ2) is 6.41. The van der Waals surface area contributed by atoms with Crippen molar-refractivity contribution in [1.29, 1.82) is 0 Å². The van der Waals surface area contributed by atoms with Gasteiger partial charge in [0.1, 0.15) is 11.6 Å². The molecule has 0 aliphatic carbocycles. The molecule has 0 atom stereocenters. The van der Waals surface area contributed by atoms with Crippen LogP contribution in [0.3, 0.4) is 0 Å². The van der Waals surface area contributed by atoms with E-state index in [1.165, 1.54) is 0 Å². The molecule has 1 amide bonds. The second-order valence-electron chi connectivity index (χ2n) is 5.14. The maximum absolute atomic E-state index is 13.7. The van der Waals surface area contributed by atoms with Crippen molar-refractivity contribution in [1.82, 2.24) is 9.78 Å². The quantitative estimate of drug-likeness (QED) is 0.765. The Balaban J connectivity index is 1.85. The molecule has 0 bridgehead atoms. The van der Waals surface area contributed by atoms with Crippen LogP contribution >= 0.6 is 11.6 Å². The van der Waals surface area contributed by atoms with Gasteiger partial charge in [-0.3, -0.25) is 4.79 Å². The first-order valence-corrected chi connectivity index (χ1v) is 7.41. The monoisotopic (exact) mass is 347 g/mol. The molecule has 1 aromatic heterocycles. The zero-order valence-corrected chi connectivity index (χ0v) is 13.3. The number of carbonyl (C=O) groups excluding carboxylic acids is 1. The first kappa shape index (κ1) is 16.1. The molecule has 24 heavy (non-hydrogen) atoms. The summed E-state index contributed by atoms with van der Waals surface area (Å²) in [6.07, 6.45) is 0. The van der Waals surface area contributed by atoms with Gasteiger partial charge in [-0.25, -0.2) is 13.5 Å². The van der Waals surface area contributed by atoms with Crippen LogP contribution in [0.2, 0.25) is 5.02 Å². The number of hydrogen-bond acceptors (Lipinski definition) is 2. The lowest BCUT2D eigenvalue weighted by Crippen LogP contribution is -2.14. The summed E-state index contributed by atoms with van der Waals surface area (Å²) in [4.78, 5) is 12.1. The molecule has 0 radical (unpaired) electrons. The van der Waals surface area contributed by atoms with Crippen molar-refractivity contribution in [3.63, 3.8) is 0 Å². The summed E-state index contributed by atoms with van der Waals surface area (Å²) in [6, 6.07) is 11.4. The molecule has 0 saturated heterocycles. The molecule has 0 aliphatic rings. The van der Waals surface area contributed by atoms with Crippen molar-refractivity contribution in [3.05, 3.63) is 76.4 Å². The smallest absolute Gasteiger partial charge is 0.259 e. The van der Waals surface area contributed by atoms with Gasteiger partial charge in [-0.2, -0.15) is 0 Å². The average Bonchev–Trinajstić information content (AvgIpc) is 2.88. The van der Waals surface area contributed by atoms with Crippen molar-refractivity contribution in [2.45, 2.75) is 6.92 Å². The number of benzene rings is 2. The molecule has 0 saturated carbocycles. The van der Waals surface area contributed by atoms with Crippen molar-refractivity contribution < 1.29 is 13.6 Å². The Morgan fingerprint density at radius 3 is 2.50 bits per heavy atom. The van der Waals surface area contributed by atoms with Crippen LogP contribution in [0.5, 0.6) is 0 Å². The fraction of sp³-hybridized carbons (Fsp3) is 0.0588. The first-order valence-electron chi connectivity index (χ1n) is 7.03. The molecule has 1 N–H and O–H groups in total. The van der Waals surface area contributed by atoms with E-state index in [0.717, 1.165) is 23.5 Å². The van der Waals surface area contributed by atoms with E-state index in [2.05, 4.69) is 10.4 Å². The molecule has 0 fully saturated rings. The Labute approximate surface area is 141 Å². The predicted molar refractivity (Wildman–Crippen MR) is 87.6 cm³/mol. The number of carbonyl (C=O) groups is 1. The summed E-state index contributed by atoms with van der Waals surface area (Å²) in [5.41, 5.74) is 1.28. The SMILES string of the molecule is Cc1cc(NC(=O)c2ccc(F)cc2F)nn1-c1ccc(Cl)cc1. The van der Waals surface area contributed by atoms with E-state index < -0.39 is 17.5 Å². The minimum atomic E-state index is -0.929. The Morgan fingerprint density at radius 2 is 1.83 bits per heavy atom. The molecule has 0 unspecified atom stereocenters. The van der Waals surface area contributed by atoms with Gasteiger partial charge in [-0.1, -0.05) is 11.6 Å². The largest absolute Gasteiger partial charge is 0.305 e. The molecule has 0 aliphatic heterocycles. The lowest BCUT2D eigenvalue weighted by Gasteiger charge is -2.05. The highest BCUT2D eigenvalue weighted by Gasteiger charge is 2.15. The maximum Gasteiger partial charge on any atom is 0.259 e. The third-order valence-electron chi connectivity index (χ3n) is 3.38. The van der Waals surface area contributed by atoms with Crippen molar-refractivity contribution in [2.24, 2.45) is 0 Å². The third kappa shape index (κ3) is 3.28. The van der Waals surface area contributed by atoms with Crippen LogP contribution in [-0.2, 0) is 0 Å². The van der Waals surface area contributed by atoms with E-state index in [9.17, 15) is 13.6 Å². The summed E-state index contributed by atoms with van der Waals surface area (Å²) >= 11 is 5.86. The fourth-order valence-electron chi connectivity index (χ4n) is 2.24. The first-order chi connectivity index (χ1) is 11.4. The number of aryl methyl sites for hydroxylation is 1. The van der Waals surface area contributed by atoms with Crippen LogP contribution in [0.25, 0.3) is 5.69 Å². The van der Waals surface area contributed by atoms with E-state index in [4.69, 9.17) is 11.6 Å². The molecule has 0 spiro atoms. The molecule has 1 heterocycles. The maximum atomic E-state index is 13.7. The van der Waals surface area contributed by atoms with E-state index >= 15 is 0 Å². The zero-order valence-electron chi connectivity index (χ0n) is 12.6. The highest BCUT2D eigenvalue weighted by atomic mass is 35.5. The van der Waals surface area contributed by atoms with Crippen LogP contribution in [0.4, 0.5) is 14.6 Å². The molecular formula is C17H12ClF2N3O. The Bertz CT molecular complexity index is 907. The van der Waals surface area contributed by atoms with Gasteiger partial charge >= 0.3 is 0 Å². The van der Waals surface area contributed by atoms with Gasteiger partial charge < -0.3 is 5.32 Å². The van der Waals surface area contributed by atoms with E-state index in [1.54, 1.807) is 35.0 Å². The van der Waals surface area contributed by atoms with Gasteiger partial charge in [0.2, 0.25) is 0 Å². The number of nitrogens with zero attached hydrogens (tertiary/aromatic N) is 2. The van der Waals surface area contributed by atoms with E-state index in [-0.39, 0.29) is 11.4 Å². The zero-order chi connectivity index (χ0) is 17.3. The topological polar surface area (TPSA) is 46.9 Å². The molecule has 4 nitrogen and oxygen atoms in total. The summed E-state index contributed by atoms with van der Waals surface area (Å²) in [5, 5.41) is 7.37. The molecular weight excluding hydrogens is 336 g/mol. The minimum absolute atomic E-state index is 0.255. The van der Waals surface area contributed by atoms with Gasteiger partial charge in [0, 0.05) is 22.8 Å². The lowest BCUT2D eigenvalue weighted by molar-refractivity contribution is 0.102. The van der Waals surface area contributed by atoms with Crippen molar-refractivity contribution in [2.75, 3.05) is 5.32 Å². The van der Waals surface area contributed by atoms with Crippen LogP contribution < -0.4 is 5.32 Å². The molecule has 122 valence electrons. The highest BCUT2D eigenvalue weighted by Crippen LogP contribution is 2.18. The second-order valence-corrected chi connectivity index (χ2v) is 5.57. The van der Waals surface area contributed by atoms with Crippen LogP contribution in [0.15, 0.2) is 48.5 Å². The number of rotatable bonds is 3. The van der Waals surface area contributed by atoms with Crippen LogP contribution in [0.1, 0.15) is 16.1 Å². The summed E-state index contributed by atoms with van der Waals surface area (Å²) in [6.45, 7) is 1.82. The molecule has 3 aromatic rings. The van der Waals surface area contributed by atoms with E-state index in [1.807, 2.05) is 6.92 Å². The van der Waals surface area contributed by atoms with Gasteiger partial charge in [0.15, 0.2) is 5.82 Å².